The van der Waals surface area contributed by atoms with E-state index < -0.39 is 0 Å². The summed E-state index contributed by atoms with van der Waals surface area (Å²) in [4.78, 5) is 8.84. The highest BCUT2D eigenvalue weighted by Crippen LogP contribution is 2.21. The number of nitrogens with zero attached hydrogens (tertiary/aromatic N) is 3. The Bertz CT molecular complexity index is 501. The minimum absolute atomic E-state index is 0.383. The molecule has 1 aliphatic heterocycles. The van der Waals surface area contributed by atoms with Gasteiger partial charge in [0.2, 0.25) is 5.89 Å². The average molecular weight is 250 g/mol. The molecule has 1 aliphatic rings. The van der Waals surface area contributed by atoms with E-state index in [1.165, 1.54) is 0 Å². The Kier molecular flexibility index (Phi) is 2.90. The standard InChI is InChI=1S/C11H14N4OS/c1-7-13-9(6-17-7)4-10-14-11(16-15-10)8-2-3-12-5-8/h6,8,12H,2-5H2,1H3. The maximum absolute atomic E-state index is 5.30. The first-order chi connectivity index (χ1) is 8.31. The first kappa shape index (κ1) is 10.9. The Hall–Kier alpha value is -1.27. The monoisotopic (exact) mass is 250 g/mol. The van der Waals surface area contributed by atoms with E-state index in [1.54, 1.807) is 11.3 Å². The third kappa shape index (κ3) is 2.37. The van der Waals surface area contributed by atoms with Crippen LogP contribution in [-0.4, -0.2) is 28.2 Å². The van der Waals surface area contributed by atoms with Crippen LogP contribution >= 0.6 is 11.3 Å². The number of hydrogen-bond acceptors (Lipinski definition) is 6. The maximum Gasteiger partial charge on any atom is 0.231 e. The second kappa shape index (κ2) is 4.54. The lowest BCUT2D eigenvalue weighted by Gasteiger charge is -1.98. The fraction of sp³-hybridized carbons (Fsp3) is 0.545. The summed E-state index contributed by atoms with van der Waals surface area (Å²) < 4.78 is 5.30. The molecular weight excluding hydrogens is 236 g/mol. The summed E-state index contributed by atoms with van der Waals surface area (Å²) in [7, 11) is 0. The summed E-state index contributed by atoms with van der Waals surface area (Å²) in [6, 6.07) is 0. The van der Waals surface area contributed by atoms with E-state index in [4.69, 9.17) is 4.52 Å². The lowest BCUT2D eigenvalue weighted by molar-refractivity contribution is 0.355. The first-order valence-electron chi connectivity index (χ1n) is 5.75. The van der Waals surface area contributed by atoms with Crippen molar-refractivity contribution < 1.29 is 4.52 Å². The lowest BCUT2D eigenvalue weighted by Crippen LogP contribution is -2.08. The smallest absolute Gasteiger partial charge is 0.231 e. The number of aromatic nitrogens is 3. The van der Waals surface area contributed by atoms with Crippen molar-refractivity contribution >= 4 is 11.3 Å². The molecule has 3 heterocycles. The molecule has 3 rings (SSSR count). The Morgan fingerprint density at radius 2 is 2.47 bits per heavy atom. The lowest BCUT2D eigenvalue weighted by atomic mass is 10.1. The van der Waals surface area contributed by atoms with Gasteiger partial charge < -0.3 is 9.84 Å². The highest BCUT2D eigenvalue weighted by atomic mass is 32.1. The predicted molar refractivity (Wildman–Crippen MR) is 64.2 cm³/mol. The third-order valence-electron chi connectivity index (χ3n) is 2.90. The zero-order chi connectivity index (χ0) is 11.7. The van der Waals surface area contributed by atoms with Crippen molar-refractivity contribution in [1.29, 1.82) is 0 Å². The van der Waals surface area contributed by atoms with Gasteiger partial charge in [-0.25, -0.2) is 4.98 Å². The van der Waals surface area contributed by atoms with Crippen LogP contribution in [0.1, 0.15) is 34.8 Å². The second-order valence-electron chi connectivity index (χ2n) is 4.27. The number of thiazole rings is 1. The molecule has 0 amide bonds. The number of nitrogens with one attached hydrogen (secondary N) is 1. The Balaban J connectivity index is 1.71. The van der Waals surface area contributed by atoms with Gasteiger partial charge in [-0.15, -0.1) is 11.3 Å². The van der Waals surface area contributed by atoms with Crippen LogP contribution in [0.15, 0.2) is 9.90 Å². The topological polar surface area (TPSA) is 63.8 Å². The first-order valence-corrected chi connectivity index (χ1v) is 6.63. The van der Waals surface area contributed by atoms with Crippen LogP contribution in [0.25, 0.3) is 0 Å². The third-order valence-corrected chi connectivity index (χ3v) is 3.72. The van der Waals surface area contributed by atoms with Crippen molar-refractivity contribution in [2.24, 2.45) is 0 Å². The van der Waals surface area contributed by atoms with Crippen LogP contribution in [0, 0.1) is 6.92 Å². The largest absolute Gasteiger partial charge is 0.339 e. The van der Waals surface area contributed by atoms with Gasteiger partial charge in [0.15, 0.2) is 5.82 Å². The molecule has 5 nitrogen and oxygen atoms in total. The van der Waals surface area contributed by atoms with Crippen molar-refractivity contribution in [2.75, 3.05) is 13.1 Å². The molecule has 2 aromatic rings. The molecule has 6 heteroatoms. The van der Waals surface area contributed by atoms with Gasteiger partial charge in [-0.05, 0) is 19.9 Å². The minimum Gasteiger partial charge on any atom is -0.339 e. The molecule has 1 N–H and O–H groups in total. The van der Waals surface area contributed by atoms with E-state index in [-0.39, 0.29) is 0 Å². The van der Waals surface area contributed by atoms with Crippen LogP contribution in [0.5, 0.6) is 0 Å². The van der Waals surface area contributed by atoms with E-state index in [2.05, 4.69) is 20.4 Å². The van der Waals surface area contributed by atoms with Gasteiger partial charge in [-0.3, -0.25) is 0 Å². The number of rotatable bonds is 3. The van der Waals surface area contributed by atoms with Gasteiger partial charge in [0, 0.05) is 11.9 Å². The van der Waals surface area contributed by atoms with E-state index in [0.717, 1.165) is 41.9 Å². The van der Waals surface area contributed by atoms with Crippen molar-refractivity contribution in [3.63, 3.8) is 0 Å². The van der Waals surface area contributed by atoms with Crippen molar-refractivity contribution in [3.05, 3.63) is 27.8 Å². The molecule has 2 aromatic heterocycles. The molecule has 17 heavy (non-hydrogen) atoms. The van der Waals surface area contributed by atoms with Crippen LogP contribution in [-0.2, 0) is 6.42 Å². The molecular formula is C11H14N4OS. The van der Waals surface area contributed by atoms with Gasteiger partial charge in [-0.1, -0.05) is 5.16 Å². The molecule has 1 fully saturated rings. The zero-order valence-electron chi connectivity index (χ0n) is 9.64. The fourth-order valence-corrected chi connectivity index (χ4v) is 2.63. The molecule has 0 aromatic carbocycles. The van der Waals surface area contributed by atoms with E-state index >= 15 is 0 Å². The minimum atomic E-state index is 0.383. The highest BCUT2D eigenvalue weighted by molar-refractivity contribution is 7.09. The quantitative estimate of drug-likeness (QED) is 0.894. The molecule has 1 unspecified atom stereocenters. The van der Waals surface area contributed by atoms with Crippen LogP contribution < -0.4 is 5.32 Å². The van der Waals surface area contributed by atoms with Gasteiger partial charge in [0.1, 0.15) is 0 Å². The van der Waals surface area contributed by atoms with Crippen LogP contribution in [0.3, 0.4) is 0 Å². The molecule has 1 saturated heterocycles. The van der Waals surface area contributed by atoms with Crippen molar-refractivity contribution in [1.82, 2.24) is 20.4 Å². The Morgan fingerprint density at radius 3 is 3.18 bits per heavy atom. The van der Waals surface area contributed by atoms with Crippen molar-refractivity contribution in [2.45, 2.75) is 25.7 Å². The highest BCUT2D eigenvalue weighted by Gasteiger charge is 2.22. The molecule has 90 valence electrons. The van der Waals surface area contributed by atoms with E-state index in [1.807, 2.05) is 12.3 Å². The molecule has 0 saturated carbocycles. The van der Waals surface area contributed by atoms with Gasteiger partial charge in [-0.2, -0.15) is 4.98 Å². The molecule has 0 bridgehead atoms. The zero-order valence-corrected chi connectivity index (χ0v) is 10.5. The number of hydrogen-bond donors (Lipinski definition) is 1. The molecule has 0 aliphatic carbocycles. The summed E-state index contributed by atoms with van der Waals surface area (Å²) in [6.45, 7) is 3.98. The van der Waals surface area contributed by atoms with E-state index in [9.17, 15) is 0 Å². The van der Waals surface area contributed by atoms with E-state index in [0.29, 0.717) is 12.3 Å². The molecule has 0 radical (unpaired) electrons. The second-order valence-corrected chi connectivity index (χ2v) is 5.34. The van der Waals surface area contributed by atoms with Gasteiger partial charge >= 0.3 is 0 Å². The van der Waals surface area contributed by atoms with Crippen LogP contribution in [0.2, 0.25) is 0 Å². The SMILES string of the molecule is Cc1nc(Cc2noc(C3CCNC3)n2)cs1. The summed E-state index contributed by atoms with van der Waals surface area (Å²) in [5.41, 5.74) is 1.02. The van der Waals surface area contributed by atoms with Crippen molar-refractivity contribution in [3.8, 4) is 0 Å². The summed E-state index contributed by atoms with van der Waals surface area (Å²) in [5, 5.41) is 10.4. The summed E-state index contributed by atoms with van der Waals surface area (Å²) in [5.74, 6) is 1.88. The van der Waals surface area contributed by atoms with Crippen LogP contribution in [0.4, 0.5) is 0 Å². The number of aryl methyl sites for hydroxylation is 1. The summed E-state index contributed by atoms with van der Waals surface area (Å²) >= 11 is 1.65. The Morgan fingerprint density at radius 1 is 1.53 bits per heavy atom. The maximum atomic E-state index is 5.30. The average Bonchev–Trinajstić information content (AvgIpc) is 3.00. The molecule has 0 spiro atoms. The Labute approximate surface area is 103 Å². The normalized spacial score (nSPS) is 19.9. The predicted octanol–water partition coefficient (Wildman–Crippen LogP) is 1.50. The van der Waals surface area contributed by atoms with Gasteiger partial charge in [0.25, 0.3) is 0 Å². The molecule has 1 atom stereocenters. The summed E-state index contributed by atoms with van der Waals surface area (Å²) in [6.07, 6.45) is 1.74. The fourth-order valence-electron chi connectivity index (χ4n) is 2.02. The van der Waals surface area contributed by atoms with Gasteiger partial charge in [0.05, 0.1) is 23.0 Å².